The Labute approximate surface area is 104 Å². The van der Waals surface area contributed by atoms with Gasteiger partial charge in [0.05, 0.1) is 16.2 Å². The lowest BCUT2D eigenvalue weighted by molar-refractivity contribution is -0.139. The fourth-order valence-electron chi connectivity index (χ4n) is 2.05. The number of carboxylic acid groups (broad SMARTS) is 1. The van der Waals surface area contributed by atoms with Gasteiger partial charge in [0.25, 0.3) is 0 Å². The topological polar surface area (TPSA) is 53.7 Å². The highest BCUT2D eigenvalue weighted by molar-refractivity contribution is 6.35. The van der Waals surface area contributed by atoms with Crippen LogP contribution in [0.25, 0.3) is 5.52 Å². The smallest absolute Gasteiger partial charge is 0.326 e. The number of aromatic nitrogens is 1. The van der Waals surface area contributed by atoms with Gasteiger partial charge in [-0.1, -0.05) is 17.7 Å². The first-order valence-electron chi connectivity index (χ1n) is 5.23. The lowest BCUT2D eigenvalue weighted by atomic mass is 10.1. The highest BCUT2D eigenvalue weighted by Gasteiger charge is 2.25. The van der Waals surface area contributed by atoms with E-state index in [4.69, 9.17) is 11.6 Å². The molecule has 0 aromatic carbocycles. The molecule has 2 aromatic heterocycles. The molecule has 17 heavy (non-hydrogen) atoms. The molecule has 2 N–H and O–H groups in total. The summed E-state index contributed by atoms with van der Waals surface area (Å²) in [5.74, 6) is -0.921. The maximum Gasteiger partial charge on any atom is 0.326 e. The standard InChI is InChI=1S/C12H13ClN2O2/c1-7-9(13)8-5-3-4-6-15(8)11(7)10(14-2)12(16)17/h3-6,10,14H,1-2H3,(H,16,17). The van der Waals surface area contributed by atoms with Crippen LogP contribution in [0.5, 0.6) is 0 Å². The summed E-state index contributed by atoms with van der Waals surface area (Å²) in [4.78, 5) is 11.2. The van der Waals surface area contributed by atoms with Gasteiger partial charge in [-0.3, -0.25) is 4.79 Å². The molecule has 0 bridgehead atoms. The van der Waals surface area contributed by atoms with E-state index in [9.17, 15) is 9.90 Å². The van der Waals surface area contributed by atoms with Crippen LogP contribution in [0.15, 0.2) is 24.4 Å². The maximum absolute atomic E-state index is 11.2. The Morgan fingerprint density at radius 3 is 2.82 bits per heavy atom. The van der Waals surface area contributed by atoms with Crippen LogP contribution in [0.3, 0.4) is 0 Å². The Morgan fingerprint density at radius 2 is 2.24 bits per heavy atom. The molecule has 1 atom stereocenters. The zero-order chi connectivity index (χ0) is 12.6. The van der Waals surface area contributed by atoms with Crippen LogP contribution in [0.4, 0.5) is 0 Å². The number of halogens is 1. The van der Waals surface area contributed by atoms with Gasteiger partial charge < -0.3 is 14.8 Å². The highest BCUT2D eigenvalue weighted by Crippen LogP contribution is 2.31. The molecule has 2 rings (SSSR count). The van der Waals surface area contributed by atoms with E-state index in [1.165, 1.54) is 0 Å². The van der Waals surface area contributed by atoms with Crippen LogP contribution in [-0.4, -0.2) is 22.5 Å². The Hall–Kier alpha value is -1.52. The Balaban J connectivity index is 2.76. The van der Waals surface area contributed by atoms with Crippen molar-refractivity contribution in [3.8, 4) is 0 Å². The molecule has 0 aliphatic rings. The van der Waals surface area contributed by atoms with Gasteiger partial charge in [0, 0.05) is 6.20 Å². The summed E-state index contributed by atoms with van der Waals surface area (Å²) in [6, 6.07) is 4.82. The second-order valence-corrected chi connectivity index (χ2v) is 4.22. The molecular formula is C12H13ClN2O2. The van der Waals surface area contributed by atoms with Crippen LogP contribution in [0, 0.1) is 6.92 Å². The Morgan fingerprint density at radius 1 is 1.53 bits per heavy atom. The summed E-state index contributed by atoms with van der Waals surface area (Å²) in [6.07, 6.45) is 1.82. The number of fused-ring (bicyclic) bond motifs is 1. The minimum atomic E-state index is -0.921. The fourth-order valence-corrected chi connectivity index (χ4v) is 2.30. The average Bonchev–Trinajstić information content (AvgIpc) is 2.56. The number of hydrogen-bond acceptors (Lipinski definition) is 2. The Kier molecular flexibility index (Phi) is 3.09. The third-order valence-electron chi connectivity index (χ3n) is 2.87. The maximum atomic E-state index is 11.2. The second kappa shape index (κ2) is 4.39. The molecule has 2 heterocycles. The van der Waals surface area contributed by atoms with Crippen molar-refractivity contribution < 1.29 is 9.90 Å². The van der Waals surface area contributed by atoms with Gasteiger partial charge in [-0.25, -0.2) is 0 Å². The van der Waals surface area contributed by atoms with Crippen LogP contribution in [0.2, 0.25) is 5.02 Å². The van der Waals surface area contributed by atoms with Crippen LogP contribution in [0.1, 0.15) is 17.3 Å². The molecule has 90 valence electrons. The number of nitrogens with one attached hydrogen (secondary N) is 1. The number of likely N-dealkylation sites (N-methyl/N-ethyl adjacent to an activating group) is 1. The fraction of sp³-hybridized carbons (Fsp3) is 0.250. The molecule has 0 aliphatic heterocycles. The largest absolute Gasteiger partial charge is 0.480 e. The SMILES string of the molecule is CNC(C(=O)O)c1c(C)c(Cl)c2ccccn12. The van der Waals surface area contributed by atoms with E-state index < -0.39 is 12.0 Å². The highest BCUT2D eigenvalue weighted by atomic mass is 35.5. The second-order valence-electron chi connectivity index (χ2n) is 3.84. The number of carboxylic acids is 1. The van der Waals surface area contributed by atoms with Crippen molar-refractivity contribution in [2.75, 3.05) is 7.05 Å². The number of rotatable bonds is 3. The first kappa shape index (κ1) is 12.0. The van der Waals surface area contributed by atoms with Gasteiger partial charge in [-0.15, -0.1) is 0 Å². The van der Waals surface area contributed by atoms with E-state index >= 15 is 0 Å². The molecule has 1 unspecified atom stereocenters. The molecule has 0 fully saturated rings. The molecule has 5 heteroatoms. The van der Waals surface area contributed by atoms with Crippen LogP contribution >= 0.6 is 11.6 Å². The van der Waals surface area contributed by atoms with E-state index in [1.807, 2.05) is 35.7 Å². The summed E-state index contributed by atoms with van der Waals surface area (Å²) < 4.78 is 1.81. The number of aliphatic carboxylic acids is 1. The van der Waals surface area contributed by atoms with Crippen molar-refractivity contribution in [2.24, 2.45) is 0 Å². The zero-order valence-electron chi connectivity index (χ0n) is 9.57. The first-order valence-corrected chi connectivity index (χ1v) is 5.60. The number of nitrogens with zero attached hydrogens (tertiary/aromatic N) is 1. The van der Waals surface area contributed by atoms with Gasteiger partial charge in [-0.05, 0) is 31.7 Å². The van der Waals surface area contributed by atoms with E-state index in [2.05, 4.69) is 5.32 Å². The molecule has 0 spiro atoms. The van der Waals surface area contributed by atoms with Gasteiger partial charge >= 0.3 is 5.97 Å². The third kappa shape index (κ3) is 1.79. The van der Waals surface area contributed by atoms with Crippen LogP contribution in [-0.2, 0) is 4.79 Å². The summed E-state index contributed by atoms with van der Waals surface area (Å²) in [7, 11) is 1.62. The van der Waals surface area contributed by atoms with Gasteiger partial charge in [0.2, 0.25) is 0 Å². The van der Waals surface area contributed by atoms with Crippen molar-refractivity contribution in [3.05, 3.63) is 40.7 Å². The van der Waals surface area contributed by atoms with Gasteiger partial charge in [-0.2, -0.15) is 0 Å². The minimum Gasteiger partial charge on any atom is -0.480 e. The van der Waals surface area contributed by atoms with Crippen molar-refractivity contribution >= 4 is 23.1 Å². The first-order chi connectivity index (χ1) is 8.07. The summed E-state index contributed by atoms with van der Waals surface area (Å²) in [6.45, 7) is 1.83. The monoisotopic (exact) mass is 252 g/mol. The third-order valence-corrected chi connectivity index (χ3v) is 3.34. The average molecular weight is 253 g/mol. The molecule has 0 aliphatic carbocycles. The molecular weight excluding hydrogens is 240 g/mol. The van der Waals surface area contributed by atoms with Crippen molar-refractivity contribution in [1.82, 2.24) is 9.72 Å². The van der Waals surface area contributed by atoms with E-state index in [0.717, 1.165) is 11.1 Å². The van der Waals surface area contributed by atoms with Crippen LogP contribution < -0.4 is 5.32 Å². The van der Waals surface area contributed by atoms with Gasteiger partial charge in [0.15, 0.2) is 0 Å². The number of carbonyl (C=O) groups is 1. The Bertz CT molecular complexity index is 577. The molecule has 4 nitrogen and oxygen atoms in total. The van der Waals surface area contributed by atoms with E-state index in [0.29, 0.717) is 10.7 Å². The molecule has 2 aromatic rings. The lowest BCUT2D eigenvalue weighted by Gasteiger charge is -2.13. The molecule has 0 saturated carbocycles. The van der Waals surface area contributed by atoms with Crippen molar-refractivity contribution in [3.63, 3.8) is 0 Å². The van der Waals surface area contributed by atoms with E-state index in [1.54, 1.807) is 7.05 Å². The van der Waals surface area contributed by atoms with Crippen molar-refractivity contribution in [2.45, 2.75) is 13.0 Å². The van der Waals surface area contributed by atoms with Gasteiger partial charge in [0.1, 0.15) is 6.04 Å². The summed E-state index contributed by atoms with van der Waals surface area (Å²) >= 11 is 6.21. The van der Waals surface area contributed by atoms with E-state index in [-0.39, 0.29) is 0 Å². The quantitative estimate of drug-likeness (QED) is 0.881. The van der Waals surface area contributed by atoms with Crippen molar-refractivity contribution in [1.29, 1.82) is 0 Å². The minimum absolute atomic E-state index is 0.599. The molecule has 0 radical (unpaired) electrons. The number of hydrogen-bond donors (Lipinski definition) is 2. The number of pyridine rings is 1. The summed E-state index contributed by atoms with van der Waals surface area (Å²) in [5.41, 5.74) is 2.28. The molecule has 0 saturated heterocycles. The normalized spacial score (nSPS) is 12.9. The molecule has 0 amide bonds. The zero-order valence-corrected chi connectivity index (χ0v) is 10.3. The predicted octanol–water partition coefficient (Wildman–Crippen LogP) is 2.25. The summed E-state index contributed by atoms with van der Waals surface area (Å²) in [5, 5.41) is 12.6. The lowest BCUT2D eigenvalue weighted by Crippen LogP contribution is -2.26. The predicted molar refractivity (Wildman–Crippen MR) is 66.6 cm³/mol.